The monoisotopic (exact) mass is 526 g/mol. The molecule has 3 atom stereocenters. The first-order valence-electron chi connectivity index (χ1n) is 13.5. The van der Waals surface area contributed by atoms with E-state index in [0.29, 0.717) is 11.3 Å². The van der Waals surface area contributed by atoms with Crippen LogP contribution in [0.4, 0.5) is 5.69 Å². The van der Waals surface area contributed by atoms with Crippen LogP contribution in [0.25, 0.3) is 16.3 Å². The standard InChI is InChI=1S/C29H42N4O3S/c1-4-6-7-14-33(13-5-2)15-12-31-25-11-10-23-16-22(8-9-24(23)17-25)21(3)28(19-30)37-32-27-18-26(34)20-36-29(27)35/h8-11,16-17,26-27,29,31-32,34-35H,4-7,12-15,18,20H2,1-3H3/b28-21+. The predicted octanol–water partition coefficient (Wildman–Crippen LogP) is 5.11. The molecule has 2 aromatic rings. The first-order chi connectivity index (χ1) is 17.9. The van der Waals surface area contributed by atoms with Crippen LogP contribution in [0.5, 0.6) is 0 Å². The quantitative estimate of drug-likeness (QED) is 0.153. The lowest BCUT2D eigenvalue weighted by molar-refractivity contribution is -0.168. The van der Waals surface area contributed by atoms with Crippen molar-refractivity contribution in [3.8, 4) is 6.07 Å². The molecule has 0 amide bonds. The van der Waals surface area contributed by atoms with Gasteiger partial charge in [-0.1, -0.05) is 44.9 Å². The van der Waals surface area contributed by atoms with Gasteiger partial charge in [0.05, 0.1) is 18.8 Å². The summed E-state index contributed by atoms with van der Waals surface area (Å²) in [4.78, 5) is 3.06. The Hall–Kier alpha value is -2.12. The SMILES string of the molecule is CCCCCN(CCC)CCNc1ccc2cc(/C(C)=C(\C#N)SNC3CC(O)COC3O)ccc2c1. The number of nitriles is 1. The second kappa shape index (κ2) is 15.3. The van der Waals surface area contributed by atoms with E-state index in [1.807, 2.05) is 13.0 Å². The fourth-order valence-electron chi connectivity index (χ4n) is 4.54. The Morgan fingerprint density at radius 3 is 2.62 bits per heavy atom. The van der Waals surface area contributed by atoms with Crippen molar-refractivity contribution in [3.05, 3.63) is 46.9 Å². The number of rotatable bonds is 14. The summed E-state index contributed by atoms with van der Waals surface area (Å²) in [7, 11) is 0. The van der Waals surface area contributed by atoms with Crippen LogP contribution in [0.15, 0.2) is 41.3 Å². The zero-order valence-corrected chi connectivity index (χ0v) is 23.2. The molecule has 8 heteroatoms. The van der Waals surface area contributed by atoms with E-state index in [1.54, 1.807) is 0 Å². The molecule has 7 nitrogen and oxygen atoms in total. The van der Waals surface area contributed by atoms with Gasteiger partial charge in [-0.2, -0.15) is 5.26 Å². The van der Waals surface area contributed by atoms with Gasteiger partial charge in [-0.25, -0.2) is 0 Å². The topological polar surface area (TPSA) is 101 Å². The molecular weight excluding hydrogens is 484 g/mol. The summed E-state index contributed by atoms with van der Waals surface area (Å²) < 4.78 is 8.25. The van der Waals surface area contributed by atoms with Crippen LogP contribution in [0.3, 0.4) is 0 Å². The summed E-state index contributed by atoms with van der Waals surface area (Å²) in [6.45, 7) is 10.8. The lowest BCUT2D eigenvalue weighted by atomic mass is 10.0. The molecule has 0 aliphatic carbocycles. The number of anilines is 1. The lowest BCUT2D eigenvalue weighted by Gasteiger charge is -2.31. The highest BCUT2D eigenvalue weighted by Gasteiger charge is 2.29. The van der Waals surface area contributed by atoms with Gasteiger partial charge in [-0.3, -0.25) is 4.72 Å². The van der Waals surface area contributed by atoms with Crippen molar-refractivity contribution < 1.29 is 14.9 Å². The first kappa shape index (κ1) is 29.4. The number of aliphatic hydroxyl groups excluding tert-OH is 2. The minimum absolute atomic E-state index is 0.120. The number of aliphatic hydroxyl groups is 2. The predicted molar refractivity (Wildman–Crippen MR) is 154 cm³/mol. The smallest absolute Gasteiger partial charge is 0.171 e. The zero-order chi connectivity index (χ0) is 26.6. The minimum Gasteiger partial charge on any atom is -0.391 e. The number of ether oxygens (including phenoxy) is 1. The molecule has 0 spiro atoms. The van der Waals surface area contributed by atoms with Crippen LogP contribution in [0, 0.1) is 11.3 Å². The number of fused-ring (bicyclic) bond motifs is 1. The zero-order valence-electron chi connectivity index (χ0n) is 22.4. The molecule has 1 heterocycles. The third-order valence-electron chi connectivity index (χ3n) is 6.73. The van der Waals surface area contributed by atoms with E-state index >= 15 is 0 Å². The summed E-state index contributed by atoms with van der Waals surface area (Å²) >= 11 is 1.17. The molecule has 1 saturated heterocycles. The van der Waals surface area contributed by atoms with Crippen LogP contribution in [-0.4, -0.2) is 66.3 Å². The molecule has 0 bridgehead atoms. The van der Waals surface area contributed by atoms with Crippen molar-refractivity contribution in [1.82, 2.24) is 9.62 Å². The van der Waals surface area contributed by atoms with E-state index in [1.165, 1.54) is 44.2 Å². The van der Waals surface area contributed by atoms with Gasteiger partial charge in [-0.05, 0) is 91.3 Å². The summed E-state index contributed by atoms with van der Waals surface area (Å²) in [5, 5.41) is 35.4. The van der Waals surface area contributed by atoms with Gasteiger partial charge in [0.1, 0.15) is 11.0 Å². The maximum Gasteiger partial charge on any atom is 0.171 e. The number of allylic oxidation sites excluding steroid dienone is 2. The van der Waals surface area contributed by atoms with E-state index in [0.717, 1.165) is 47.2 Å². The van der Waals surface area contributed by atoms with E-state index < -0.39 is 18.4 Å². The van der Waals surface area contributed by atoms with Crippen LogP contribution < -0.4 is 10.0 Å². The highest BCUT2D eigenvalue weighted by atomic mass is 32.2. The molecule has 0 radical (unpaired) electrons. The van der Waals surface area contributed by atoms with Crippen LogP contribution in [0.2, 0.25) is 0 Å². The number of unbranched alkanes of at least 4 members (excludes halogenated alkanes) is 2. The summed E-state index contributed by atoms with van der Waals surface area (Å²) in [5.41, 5.74) is 2.95. The van der Waals surface area contributed by atoms with Crippen LogP contribution in [-0.2, 0) is 4.74 Å². The number of hydrogen-bond acceptors (Lipinski definition) is 8. The molecule has 1 aliphatic rings. The Morgan fingerprint density at radius 2 is 1.86 bits per heavy atom. The largest absolute Gasteiger partial charge is 0.391 e. The second-order valence-corrected chi connectivity index (χ2v) is 10.6. The highest BCUT2D eigenvalue weighted by molar-refractivity contribution is 8.01. The lowest BCUT2D eigenvalue weighted by Crippen LogP contribution is -2.46. The minimum atomic E-state index is -1.00. The second-order valence-electron chi connectivity index (χ2n) is 9.76. The average Bonchev–Trinajstić information content (AvgIpc) is 2.90. The maximum atomic E-state index is 10.0. The summed E-state index contributed by atoms with van der Waals surface area (Å²) in [6, 6.07) is 14.5. The Balaban J connectivity index is 1.62. The third-order valence-corrected chi connectivity index (χ3v) is 7.75. The number of hydrogen-bond donors (Lipinski definition) is 4. The van der Waals surface area contributed by atoms with Gasteiger partial charge in [0.25, 0.3) is 0 Å². The van der Waals surface area contributed by atoms with E-state index in [2.05, 4.69) is 65.2 Å². The maximum absolute atomic E-state index is 10.0. The van der Waals surface area contributed by atoms with Gasteiger partial charge in [0.15, 0.2) is 6.29 Å². The molecule has 4 N–H and O–H groups in total. The third kappa shape index (κ3) is 8.99. The molecule has 3 rings (SSSR count). The molecule has 37 heavy (non-hydrogen) atoms. The molecule has 0 aromatic heterocycles. The molecule has 1 aliphatic heterocycles. The average molecular weight is 527 g/mol. The molecule has 3 unspecified atom stereocenters. The van der Waals surface area contributed by atoms with E-state index in [4.69, 9.17) is 4.74 Å². The molecule has 0 saturated carbocycles. The summed E-state index contributed by atoms with van der Waals surface area (Å²) in [6.07, 6.45) is 3.74. The molecule has 202 valence electrons. The normalized spacial score (nSPS) is 20.6. The molecule has 1 fully saturated rings. The van der Waals surface area contributed by atoms with Gasteiger partial charge < -0.3 is 25.2 Å². The molecule has 2 aromatic carbocycles. The van der Waals surface area contributed by atoms with Crippen molar-refractivity contribution >= 4 is 34.0 Å². The van der Waals surface area contributed by atoms with Crippen LogP contribution >= 0.6 is 11.9 Å². The van der Waals surface area contributed by atoms with Gasteiger partial charge >= 0.3 is 0 Å². The number of nitrogens with zero attached hydrogens (tertiary/aromatic N) is 2. The van der Waals surface area contributed by atoms with Crippen molar-refractivity contribution in [2.24, 2.45) is 0 Å². The van der Waals surface area contributed by atoms with Crippen LogP contribution in [0.1, 0.15) is 58.4 Å². The first-order valence-corrected chi connectivity index (χ1v) is 14.3. The van der Waals surface area contributed by atoms with E-state index in [9.17, 15) is 15.5 Å². The Kier molecular flexibility index (Phi) is 12.2. The Bertz CT molecular complexity index is 1070. The number of nitrogens with one attached hydrogen (secondary N) is 2. The fraction of sp³-hybridized carbons (Fsp3) is 0.552. The number of benzene rings is 2. The Morgan fingerprint density at radius 1 is 1.08 bits per heavy atom. The molecular formula is C29H42N4O3S. The van der Waals surface area contributed by atoms with Crippen molar-refractivity contribution in [2.75, 3.05) is 38.1 Å². The van der Waals surface area contributed by atoms with Gasteiger partial charge in [0.2, 0.25) is 0 Å². The Labute approximate surface area is 226 Å². The van der Waals surface area contributed by atoms with Gasteiger partial charge in [-0.15, -0.1) is 0 Å². The van der Waals surface area contributed by atoms with Crippen molar-refractivity contribution in [3.63, 3.8) is 0 Å². The highest BCUT2D eigenvalue weighted by Crippen LogP contribution is 2.29. The fourth-order valence-corrected chi connectivity index (χ4v) is 5.34. The van der Waals surface area contributed by atoms with Gasteiger partial charge in [0, 0.05) is 18.8 Å². The van der Waals surface area contributed by atoms with Crippen molar-refractivity contribution in [1.29, 1.82) is 5.26 Å². The van der Waals surface area contributed by atoms with E-state index in [-0.39, 0.29) is 6.61 Å². The van der Waals surface area contributed by atoms with Crippen molar-refractivity contribution in [2.45, 2.75) is 71.3 Å². The summed E-state index contributed by atoms with van der Waals surface area (Å²) in [5.74, 6) is 0.